The first-order chi connectivity index (χ1) is 20.1. The number of nitrogens with zero attached hydrogens (tertiary/aromatic N) is 3. The number of benzene rings is 1. The van der Waals surface area contributed by atoms with Crippen LogP contribution in [0.5, 0.6) is 0 Å². The summed E-state index contributed by atoms with van der Waals surface area (Å²) in [7, 11) is -2.33. The molecule has 10 atom stereocenters. The second-order valence-electron chi connectivity index (χ2n) is 13.5. The van der Waals surface area contributed by atoms with Crippen LogP contribution in [0.1, 0.15) is 74.3 Å². The van der Waals surface area contributed by atoms with Crippen molar-refractivity contribution < 1.29 is 32.9 Å². The Morgan fingerprint density at radius 1 is 1.05 bits per heavy atom. The van der Waals surface area contributed by atoms with E-state index in [-0.39, 0.29) is 29.1 Å². The Hall–Kier alpha value is -1.98. The molecule has 0 spiro atoms. The molecule has 0 N–H and O–H groups in total. The number of esters is 1. The summed E-state index contributed by atoms with van der Waals surface area (Å²) in [6.07, 6.45) is -3.35. The maximum Gasteiger partial charge on any atom is 0.303 e. The zero-order valence-electron chi connectivity index (χ0n) is 27.9. The summed E-state index contributed by atoms with van der Waals surface area (Å²) >= 11 is 0. The SMILES string of the molecule is CCC1O[C@@H](O[Si](C)(C)C(C)(C)C(C)C)C(N=[N+]=[N-])[C@@H](C)[C@@H]1O[C@@H]1OC(C)[C@@H](C)C(OCc2ccccc2)[C@@H]1OC(C)=O. The van der Waals surface area contributed by atoms with E-state index in [4.69, 9.17) is 28.1 Å². The summed E-state index contributed by atoms with van der Waals surface area (Å²) in [6, 6.07) is 9.25. The van der Waals surface area contributed by atoms with Gasteiger partial charge in [0.2, 0.25) is 0 Å². The summed E-state index contributed by atoms with van der Waals surface area (Å²) in [6.45, 7) is 23.0. The lowest BCUT2D eigenvalue weighted by atomic mass is 9.87. The first kappa shape index (κ1) is 35.5. The Morgan fingerprint density at radius 3 is 2.26 bits per heavy atom. The van der Waals surface area contributed by atoms with Crippen LogP contribution in [0.3, 0.4) is 0 Å². The van der Waals surface area contributed by atoms with Crippen LogP contribution in [-0.2, 0) is 39.5 Å². The third-order valence-corrected chi connectivity index (χ3v) is 14.6. The minimum atomic E-state index is -2.33. The average molecular weight is 620 g/mol. The summed E-state index contributed by atoms with van der Waals surface area (Å²) in [5.74, 6) is -0.390. The lowest BCUT2D eigenvalue weighted by Gasteiger charge is -2.51. The Morgan fingerprint density at radius 2 is 1.70 bits per heavy atom. The van der Waals surface area contributed by atoms with Gasteiger partial charge in [0.05, 0.1) is 31.0 Å². The van der Waals surface area contributed by atoms with Crippen LogP contribution in [0.2, 0.25) is 18.1 Å². The summed E-state index contributed by atoms with van der Waals surface area (Å²) in [5, 5.41) is 4.11. The first-order valence-electron chi connectivity index (χ1n) is 15.7. The van der Waals surface area contributed by atoms with E-state index >= 15 is 0 Å². The summed E-state index contributed by atoms with van der Waals surface area (Å²) in [4.78, 5) is 15.5. The predicted molar refractivity (Wildman–Crippen MR) is 167 cm³/mol. The fourth-order valence-electron chi connectivity index (χ4n) is 5.83. The quantitative estimate of drug-likeness (QED) is 0.0787. The number of hydrogen-bond donors (Lipinski definition) is 0. The predicted octanol–water partition coefficient (Wildman–Crippen LogP) is 7.38. The standard InChI is InChI=1S/C32H53N3O7Si/c1-12-25-27(21(5)26(34-35-33)30(40-25)42-43(10,11)32(8,9)19(2)3)41-31-29(39-23(7)36)28(20(4)22(6)38-31)37-18-24-16-14-13-15-17-24/h13-17,19-22,25-31H,12,18H2,1-11H3/t20-,21-,22?,25?,26?,27+,28?,29+,30+,31+/m1/s1. The van der Waals surface area contributed by atoms with Crippen LogP contribution in [-0.4, -0.2) is 63.4 Å². The summed E-state index contributed by atoms with van der Waals surface area (Å²) in [5.41, 5.74) is 10.6. The highest BCUT2D eigenvalue weighted by Crippen LogP contribution is 2.47. The first-order valence-corrected chi connectivity index (χ1v) is 18.6. The number of ether oxygens (including phenoxy) is 5. The molecule has 2 aliphatic heterocycles. The molecule has 3 rings (SSSR count). The van der Waals surface area contributed by atoms with Gasteiger partial charge in [0.15, 0.2) is 27.0 Å². The van der Waals surface area contributed by atoms with E-state index in [0.717, 1.165) is 5.56 Å². The van der Waals surface area contributed by atoms with Crippen LogP contribution in [0.15, 0.2) is 35.4 Å². The average Bonchev–Trinajstić information content (AvgIpc) is 2.94. The molecule has 242 valence electrons. The maximum atomic E-state index is 12.3. The topological polar surface area (TPSA) is 121 Å². The normalized spacial score (nSPS) is 33.6. The Bertz CT molecular complexity index is 1100. The van der Waals surface area contributed by atoms with Gasteiger partial charge in [-0.3, -0.25) is 4.79 Å². The molecule has 2 aliphatic rings. The molecular weight excluding hydrogens is 566 g/mol. The van der Waals surface area contributed by atoms with E-state index in [2.05, 4.69) is 50.8 Å². The van der Waals surface area contributed by atoms with Gasteiger partial charge < -0.3 is 28.1 Å². The molecule has 11 heteroatoms. The van der Waals surface area contributed by atoms with Crippen LogP contribution in [0, 0.1) is 17.8 Å². The third kappa shape index (κ3) is 8.19. The smallest absolute Gasteiger partial charge is 0.303 e. The van der Waals surface area contributed by atoms with Crippen LogP contribution in [0.25, 0.3) is 10.4 Å². The monoisotopic (exact) mass is 619 g/mol. The van der Waals surface area contributed by atoms with E-state index in [9.17, 15) is 10.3 Å². The van der Waals surface area contributed by atoms with Gasteiger partial charge in [0, 0.05) is 17.8 Å². The van der Waals surface area contributed by atoms with Crippen molar-refractivity contribution in [1.29, 1.82) is 0 Å². The molecule has 0 aromatic heterocycles. The van der Waals surface area contributed by atoms with Crippen LogP contribution < -0.4 is 0 Å². The number of azide groups is 1. The highest BCUT2D eigenvalue weighted by Gasteiger charge is 2.53. The zero-order chi connectivity index (χ0) is 32.1. The van der Waals surface area contributed by atoms with Gasteiger partial charge in [0.25, 0.3) is 0 Å². The number of hydrogen-bond acceptors (Lipinski definition) is 8. The van der Waals surface area contributed by atoms with Crippen molar-refractivity contribution >= 4 is 14.3 Å². The maximum absolute atomic E-state index is 12.3. The van der Waals surface area contributed by atoms with Crippen molar-refractivity contribution in [2.75, 3.05) is 0 Å². The molecule has 2 saturated heterocycles. The molecule has 43 heavy (non-hydrogen) atoms. The molecule has 10 nitrogen and oxygen atoms in total. The van der Waals surface area contributed by atoms with Crippen LogP contribution >= 0.6 is 0 Å². The third-order valence-electron chi connectivity index (χ3n) is 10.1. The molecule has 0 aliphatic carbocycles. The number of carbonyl (C=O) groups excluding carboxylic acids is 1. The molecule has 0 bridgehead atoms. The minimum Gasteiger partial charge on any atom is -0.454 e. The fraction of sp³-hybridized carbons (Fsp3) is 0.781. The second kappa shape index (κ2) is 14.9. The lowest BCUT2D eigenvalue weighted by Crippen LogP contribution is -2.62. The molecule has 4 unspecified atom stereocenters. The van der Waals surface area contributed by atoms with Crippen molar-refractivity contribution in [3.05, 3.63) is 46.3 Å². The van der Waals surface area contributed by atoms with Gasteiger partial charge in [-0.1, -0.05) is 83.9 Å². The van der Waals surface area contributed by atoms with Gasteiger partial charge in [-0.25, -0.2) is 0 Å². The number of carbonyl (C=O) groups is 1. The van der Waals surface area contributed by atoms with Gasteiger partial charge in [-0.2, -0.15) is 0 Å². The Balaban J connectivity index is 1.88. The zero-order valence-corrected chi connectivity index (χ0v) is 28.9. The highest BCUT2D eigenvalue weighted by molar-refractivity contribution is 6.74. The largest absolute Gasteiger partial charge is 0.454 e. The molecular formula is C32H53N3O7Si. The molecule has 1 aromatic carbocycles. The Labute approximate surface area is 258 Å². The van der Waals surface area contributed by atoms with Crippen LogP contribution in [0.4, 0.5) is 0 Å². The van der Waals surface area contributed by atoms with E-state index in [0.29, 0.717) is 18.9 Å². The van der Waals surface area contributed by atoms with E-state index in [1.54, 1.807) is 0 Å². The molecule has 0 radical (unpaired) electrons. The van der Waals surface area contributed by atoms with Crippen molar-refractivity contribution in [3.8, 4) is 0 Å². The van der Waals surface area contributed by atoms with Crippen molar-refractivity contribution in [2.24, 2.45) is 22.9 Å². The molecule has 2 heterocycles. The number of rotatable bonds is 12. The van der Waals surface area contributed by atoms with Crippen molar-refractivity contribution in [3.63, 3.8) is 0 Å². The van der Waals surface area contributed by atoms with E-state index in [1.807, 2.05) is 58.0 Å². The van der Waals surface area contributed by atoms with Crippen molar-refractivity contribution in [2.45, 2.75) is 143 Å². The van der Waals surface area contributed by atoms with Gasteiger partial charge in [0.1, 0.15) is 6.10 Å². The highest BCUT2D eigenvalue weighted by atomic mass is 28.4. The van der Waals surface area contributed by atoms with Crippen molar-refractivity contribution in [1.82, 2.24) is 0 Å². The van der Waals surface area contributed by atoms with E-state index < -0.39 is 51.2 Å². The lowest BCUT2D eigenvalue weighted by molar-refractivity contribution is -0.330. The minimum absolute atomic E-state index is 0.0512. The molecule has 1 aromatic rings. The summed E-state index contributed by atoms with van der Waals surface area (Å²) < 4.78 is 38.6. The molecule has 2 fully saturated rings. The van der Waals surface area contributed by atoms with Gasteiger partial charge in [-0.05, 0) is 54.4 Å². The Kier molecular flexibility index (Phi) is 12.3. The molecule has 0 amide bonds. The fourth-order valence-corrected chi connectivity index (χ4v) is 8.30. The van der Waals surface area contributed by atoms with E-state index in [1.165, 1.54) is 6.92 Å². The van der Waals surface area contributed by atoms with Gasteiger partial charge >= 0.3 is 5.97 Å². The molecule has 0 saturated carbocycles. The van der Waals surface area contributed by atoms with Gasteiger partial charge in [-0.15, -0.1) is 0 Å². The second-order valence-corrected chi connectivity index (χ2v) is 18.1.